The third-order valence-corrected chi connectivity index (χ3v) is 0.958. The van der Waals surface area contributed by atoms with Crippen LogP contribution in [0.4, 0.5) is 4.79 Å². The van der Waals surface area contributed by atoms with Crippen LogP contribution in [0, 0.1) is 0 Å². The lowest BCUT2D eigenvalue weighted by Crippen LogP contribution is -2.29. The van der Waals surface area contributed by atoms with Crippen molar-refractivity contribution in [3.63, 3.8) is 0 Å². The number of aliphatic hydroxyl groups excluding tert-OH is 1. The zero-order valence-electron chi connectivity index (χ0n) is 4.26. The molecule has 1 unspecified atom stereocenters. The number of amides is 1. The lowest BCUT2D eigenvalue weighted by Gasteiger charge is -1.97. The minimum absolute atomic E-state index is 0.0499. The molecule has 4 heteroatoms. The number of hydrogen-bond acceptors (Lipinski definition) is 3. The van der Waals surface area contributed by atoms with Gasteiger partial charge in [0.1, 0.15) is 6.61 Å². The van der Waals surface area contributed by atoms with Gasteiger partial charge >= 0.3 is 6.09 Å². The molecule has 2 N–H and O–H groups in total. The monoisotopic (exact) mass is 117 g/mol. The summed E-state index contributed by atoms with van der Waals surface area (Å²) in [5.41, 5.74) is 0. The lowest BCUT2D eigenvalue weighted by atomic mass is 10.4. The SMILES string of the molecule is O=C1NC(CO)CO1. The van der Waals surface area contributed by atoms with Crippen LogP contribution >= 0.6 is 0 Å². The van der Waals surface area contributed by atoms with Gasteiger partial charge in [0, 0.05) is 0 Å². The Hall–Kier alpha value is -0.770. The van der Waals surface area contributed by atoms with E-state index < -0.39 is 6.09 Å². The van der Waals surface area contributed by atoms with E-state index in [0.29, 0.717) is 0 Å². The Morgan fingerprint density at radius 3 is 3.00 bits per heavy atom. The van der Waals surface area contributed by atoms with Gasteiger partial charge in [0.2, 0.25) is 0 Å². The highest BCUT2D eigenvalue weighted by Crippen LogP contribution is 1.94. The maximum absolute atomic E-state index is 10.2. The van der Waals surface area contributed by atoms with E-state index in [2.05, 4.69) is 10.1 Å². The van der Waals surface area contributed by atoms with Gasteiger partial charge in [-0.3, -0.25) is 0 Å². The Balaban J connectivity index is 2.32. The average molecular weight is 117 g/mol. The molecule has 0 bridgehead atoms. The van der Waals surface area contributed by atoms with Crippen LogP contribution in [0.2, 0.25) is 0 Å². The number of nitrogens with one attached hydrogen (secondary N) is 1. The number of carbonyl (C=O) groups is 1. The van der Waals surface area contributed by atoms with E-state index in [9.17, 15) is 4.79 Å². The molecular weight excluding hydrogens is 110 g/mol. The second kappa shape index (κ2) is 2.00. The Labute approximate surface area is 46.4 Å². The van der Waals surface area contributed by atoms with E-state index in [1.807, 2.05) is 0 Å². The largest absolute Gasteiger partial charge is 0.447 e. The molecule has 1 heterocycles. The Kier molecular flexibility index (Phi) is 1.34. The summed E-state index contributed by atoms with van der Waals surface area (Å²) in [5.74, 6) is 0. The molecule has 1 aliphatic heterocycles. The number of alkyl carbamates (subject to hydrolysis) is 1. The highest BCUT2D eigenvalue weighted by atomic mass is 16.6. The summed E-state index contributed by atoms with van der Waals surface area (Å²) in [7, 11) is 0. The van der Waals surface area contributed by atoms with Gasteiger partial charge in [-0.1, -0.05) is 0 Å². The van der Waals surface area contributed by atoms with Gasteiger partial charge in [0.25, 0.3) is 0 Å². The summed E-state index contributed by atoms with van der Waals surface area (Å²) >= 11 is 0. The van der Waals surface area contributed by atoms with Crippen LogP contribution in [0.5, 0.6) is 0 Å². The Bertz CT molecular complexity index is 103. The molecule has 4 nitrogen and oxygen atoms in total. The first-order valence-corrected chi connectivity index (χ1v) is 2.37. The quantitative estimate of drug-likeness (QED) is 0.467. The van der Waals surface area contributed by atoms with Crippen molar-refractivity contribution < 1.29 is 14.6 Å². The number of hydrogen-bond donors (Lipinski definition) is 2. The third-order valence-electron chi connectivity index (χ3n) is 0.958. The predicted octanol–water partition coefficient (Wildman–Crippen LogP) is -0.913. The van der Waals surface area contributed by atoms with Crippen molar-refractivity contribution in [1.82, 2.24) is 5.32 Å². The molecule has 0 radical (unpaired) electrons. The summed E-state index contributed by atoms with van der Waals surface area (Å²) in [6.07, 6.45) is -0.441. The fourth-order valence-electron chi connectivity index (χ4n) is 0.525. The molecule has 0 spiro atoms. The molecule has 1 saturated heterocycles. The van der Waals surface area contributed by atoms with Crippen LogP contribution in [0.15, 0.2) is 0 Å². The van der Waals surface area contributed by atoms with E-state index in [1.54, 1.807) is 0 Å². The number of rotatable bonds is 1. The van der Waals surface area contributed by atoms with Gasteiger partial charge in [-0.05, 0) is 0 Å². The van der Waals surface area contributed by atoms with E-state index in [4.69, 9.17) is 5.11 Å². The van der Waals surface area contributed by atoms with E-state index in [0.717, 1.165) is 0 Å². The normalized spacial score (nSPS) is 27.1. The lowest BCUT2D eigenvalue weighted by molar-refractivity contribution is 0.173. The van der Waals surface area contributed by atoms with Gasteiger partial charge in [0.05, 0.1) is 12.6 Å². The van der Waals surface area contributed by atoms with Crippen LogP contribution in [-0.2, 0) is 4.74 Å². The minimum atomic E-state index is -0.441. The first-order valence-electron chi connectivity index (χ1n) is 2.37. The fourth-order valence-corrected chi connectivity index (χ4v) is 0.525. The van der Waals surface area contributed by atoms with Crippen molar-refractivity contribution in [2.75, 3.05) is 13.2 Å². The molecule has 46 valence electrons. The van der Waals surface area contributed by atoms with Gasteiger partial charge in [-0.15, -0.1) is 0 Å². The van der Waals surface area contributed by atoms with Crippen LogP contribution in [-0.4, -0.2) is 30.5 Å². The smallest absolute Gasteiger partial charge is 0.407 e. The molecule has 0 aromatic carbocycles. The van der Waals surface area contributed by atoms with Crippen molar-refractivity contribution in [3.8, 4) is 0 Å². The molecule has 0 aliphatic carbocycles. The summed E-state index contributed by atoms with van der Waals surface area (Å²) in [6.45, 7) is 0.237. The molecule has 1 amide bonds. The van der Waals surface area contributed by atoms with Crippen molar-refractivity contribution >= 4 is 6.09 Å². The van der Waals surface area contributed by atoms with Gasteiger partial charge in [-0.2, -0.15) is 0 Å². The zero-order valence-corrected chi connectivity index (χ0v) is 4.26. The van der Waals surface area contributed by atoms with Crippen molar-refractivity contribution in [1.29, 1.82) is 0 Å². The van der Waals surface area contributed by atoms with E-state index in [-0.39, 0.29) is 19.3 Å². The molecule has 1 atom stereocenters. The van der Waals surface area contributed by atoms with Crippen LogP contribution in [0.3, 0.4) is 0 Å². The number of aliphatic hydroxyl groups is 1. The van der Waals surface area contributed by atoms with Crippen LogP contribution < -0.4 is 5.32 Å². The first kappa shape index (κ1) is 5.37. The number of carbonyl (C=O) groups excluding carboxylic acids is 1. The maximum Gasteiger partial charge on any atom is 0.407 e. The molecule has 0 saturated carbocycles. The van der Waals surface area contributed by atoms with Gasteiger partial charge < -0.3 is 15.2 Å². The molecule has 0 aromatic heterocycles. The summed E-state index contributed by atoms with van der Waals surface area (Å²) in [6, 6.07) is -0.192. The second-order valence-corrected chi connectivity index (χ2v) is 1.62. The summed E-state index contributed by atoms with van der Waals surface area (Å²) < 4.78 is 4.45. The minimum Gasteiger partial charge on any atom is -0.447 e. The highest BCUT2D eigenvalue weighted by Gasteiger charge is 2.20. The first-order chi connectivity index (χ1) is 3.83. The summed E-state index contributed by atoms with van der Waals surface area (Å²) in [5, 5.41) is 10.8. The molecule has 1 rings (SSSR count). The van der Waals surface area contributed by atoms with Gasteiger partial charge in [-0.25, -0.2) is 4.79 Å². The Morgan fingerprint density at radius 2 is 2.75 bits per heavy atom. The van der Waals surface area contributed by atoms with Crippen LogP contribution in [0.25, 0.3) is 0 Å². The zero-order chi connectivity index (χ0) is 5.98. The molecule has 0 aromatic rings. The summed E-state index contributed by atoms with van der Waals surface area (Å²) in [4.78, 5) is 10.2. The van der Waals surface area contributed by atoms with Gasteiger partial charge in [0.15, 0.2) is 0 Å². The molecular formula is C4H7NO3. The van der Waals surface area contributed by atoms with Crippen molar-refractivity contribution in [2.45, 2.75) is 6.04 Å². The highest BCUT2D eigenvalue weighted by molar-refractivity contribution is 5.69. The van der Waals surface area contributed by atoms with E-state index in [1.165, 1.54) is 0 Å². The number of ether oxygens (including phenoxy) is 1. The van der Waals surface area contributed by atoms with E-state index >= 15 is 0 Å². The van der Waals surface area contributed by atoms with Crippen LogP contribution in [0.1, 0.15) is 0 Å². The molecule has 1 fully saturated rings. The standard InChI is InChI=1S/C4H7NO3/c6-1-3-2-8-4(7)5-3/h3,6H,1-2H2,(H,5,7). The van der Waals surface area contributed by atoms with Crippen molar-refractivity contribution in [2.24, 2.45) is 0 Å². The maximum atomic E-state index is 10.2. The third kappa shape index (κ3) is 0.894. The van der Waals surface area contributed by atoms with Crippen molar-refractivity contribution in [3.05, 3.63) is 0 Å². The predicted molar refractivity (Wildman–Crippen MR) is 25.4 cm³/mol. The number of cyclic esters (lactones) is 1. The fraction of sp³-hybridized carbons (Fsp3) is 0.750. The Morgan fingerprint density at radius 1 is 2.00 bits per heavy atom. The molecule has 1 aliphatic rings. The average Bonchev–Trinajstić information content (AvgIpc) is 2.14. The topological polar surface area (TPSA) is 58.6 Å². The molecule has 8 heavy (non-hydrogen) atoms. The second-order valence-electron chi connectivity index (χ2n) is 1.62.